The van der Waals surface area contributed by atoms with E-state index < -0.39 is 17.4 Å². The van der Waals surface area contributed by atoms with Crippen molar-refractivity contribution in [1.29, 1.82) is 0 Å². The van der Waals surface area contributed by atoms with Crippen molar-refractivity contribution >= 4 is 17.4 Å². The molecule has 2 aliphatic heterocycles. The second kappa shape index (κ2) is 17.0. The predicted molar refractivity (Wildman–Crippen MR) is 150 cm³/mol. The van der Waals surface area contributed by atoms with Gasteiger partial charge in [-0.2, -0.15) is 0 Å². The predicted octanol–water partition coefficient (Wildman–Crippen LogP) is 5.56. The summed E-state index contributed by atoms with van der Waals surface area (Å²) >= 11 is 0. The molecule has 0 amide bonds. The van der Waals surface area contributed by atoms with E-state index in [1.807, 2.05) is 20.8 Å². The van der Waals surface area contributed by atoms with Crippen LogP contribution in [-0.4, -0.2) is 88.5 Å². The third-order valence-electron chi connectivity index (χ3n) is 7.43. The fourth-order valence-electron chi connectivity index (χ4n) is 5.04. The Kier molecular flexibility index (Phi) is 15.3. The summed E-state index contributed by atoms with van der Waals surface area (Å²) in [6.07, 6.45) is 8.78. The minimum Gasteiger partial charge on any atom is -0.398 e. The van der Waals surface area contributed by atoms with Crippen LogP contribution in [0.4, 0.5) is 0 Å². The molecule has 3 fully saturated rings. The highest BCUT2D eigenvalue weighted by Crippen LogP contribution is 2.43. The lowest BCUT2D eigenvalue weighted by Crippen LogP contribution is -2.46. The monoisotopic (exact) mass is 564 g/mol. The van der Waals surface area contributed by atoms with E-state index in [0.717, 1.165) is 51.0 Å². The molecule has 0 spiro atoms. The van der Waals surface area contributed by atoms with Crippen molar-refractivity contribution < 1.29 is 36.3 Å². The largest absolute Gasteiger partial charge is 0.500 e. The molecule has 0 radical (unpaired) electrons. The molecule has 0 aromatic heterocycles. The van der Waals surface area contributed by atoms with Gasteiger partial charge in [0.25, 0.3) is 0 Å². The van der Waals surface area contributed by atoms with Crippen molar-refractivity contribution in [1.82, 2.24) is 0 Å². The fraction of sp³-hybridized carbons (Fsp3) is 1.00. The van der Waals surface area contributed by atoms with Crippen LogP contribution < -0.4 is 0 Å². The first-order valence-electron chi connectivity index (χ1n) is 14.7. The lowest BCUT2D eigenvalue weighted by atomic mass is 9.80. The molecule has 3 aliphatic rings. The smallest absolute Gasteiger partial charge is 0.398 e. The molecule has 1 saturated carbocycles. The highest BCUT2D eigenvalue weighted by atomic mass is 28.4. The van der Waals surface area contributed by atoms with Gasteiger partial charge in [-0.3, -0.25) is 0 Å². The summed E-state index contributed by atoms with van der Waals surface area (Å²) < 4.78 is 45.2. The fourth-order valence-corrected chi connectivity index (χ4v) is 9.03. The number of ether oxygens (including phenoxy) is 3. The van der Waals surface area contributed by atoms with Gasteiger partial charge in [-0.05, 0) is 91.1 Å². The van der Waals surface area contributed by atoms with Crippen molar-refractivity contribution in [3.63, 3.8) is 0 Å². The summed E-state index contributed by atoms with van der Waals surface area (Å²) in [5, 5.41) is 0. The van der Waals surface area contributed by atoms with E-state index in [-0.39, 0.29) is 6.10 Å². The van der Waals surface area contributed by atoms with Gasteiger partial charge in [0.2, 0.25) is 0 Å². The molecule has 220 valence electrons. The first-order chi connectivity index (χ1) is 17.7. The Hall–Kier alpha value is 0.114. The van der Waals surface area contributed by atoms with Crippen LogP contribution in [0, 0.1) is 11.8 Å². The zero-order valence-electron chi connectivity index (χ0n) is 24.9. The number of epoxide rings is 2. The molecule has 0 N–H and O–H groups in total. The van der Waals surface area contributed by atoms with Crippen LogP contribution in [0.25, 0.3) is 0 Å². The van der Waals surface area contributed by atoms with E-state index in [1.54, 1.807) is 7.11 Å². The van der Waals surface area contributed by atoms with Gasteiger partial charge in [0.15, 0.2) is 0 Å². The van der Waals surface area contributed by atoms with Gasteiger partial charge in [-0.25, -0.2) is 0 Å². The van der Waals surface area contributed by atoms with Crippen LogP contribution in [0.5, 0.6) is 0 Å². The van der Waals surface area contributed by atoms with Crippen LogP contribution >= 0.6 is 0 Å². The first-order valence-corrected chi connectivity index (χ1v) is 19.4. The minimum atomic E-state index is -2.46. The van der Waals surface area contributed by atoms with Crippen molar-refractivity contribution in [2.75, 3.05) is 46.8 Å². The zero-order valence-corrected chi connectivity index (χ0v) is 26.9. The molecule has 2 saturated heterocycles. The number of rotatable bonds is 19. The average molecular weight is 565 g/mol. The Morgan fingerprint density at radius 3 is 2.11 bits per heavy atom. The molecule has 3 rings (SSSR count). The highest BCUT2D eigenvalue weighted by molar-refractivity contribution is 6.64. The Bertz CT molecular complexity index is 590. The van der Waals surface area contributed by atoms with Crippen molar-refractivity contribution in [2.45, 2.75) is 117 Å². The highest BCUT2D eigenvalue weighted by Gasteiger charge is 2.46. The lowest BCUT2D eigenvalue weighted by molar-refractivity contribution is 0.0686. The summed E-state index contributed by atoms with van der Waals surface area (Å²) in [7, 11) is -2.62. The molecule has 0 aromatic carbocycles. The molecule has 0 aromatic rings. The van der Waals surface area contributed by atoms with Gasteiger partial charge < -0.3 is 36.3 Å². The topological polar surface area (TPSA) is 80.4 Å². The maximum atomic E-state index is 5.95. The van der Waals surface area contributed by atoms with E-state index in [1.165, 1.54) is 19.3 Å². The second-order valence-electron chi connectivity index (χ2n) is 11.0. The SMILES string of the molecule is CCO[Si](CCC(C)C1CCC2OC2C1)(OCC)OCC.CO[Si](C)(C)OC(C)CCCOCC1CO1. The van der Waals surface area contributed by atoms with Crippen molar-refractivity contribution in [3.05, 3.63) is 0 Å². The molecular weight excluding hydrogens is 508 g/mol. The van der Waals surface area contributed by atoms with Gasteiger partial charge in [0, 0.05) is 45.7 Å². The molecule has 10 heteroatoms. The van der Waals surface area contributed by atoms with Crippen LogP contribution in [-0.2, 0) is 36.3 Å². The number of hydrogen-bond acceptors (Lipinski definition) is 8. The van der Waals surface area contributed by atoms with Crippen LogP contribution in [0.3, 0.4) is 0 Å². The van der Waals surface area contributed by atoms with Gasteiger partial charge in [0.1, 0.15) is 6.10 Å². The Morgan fingerprint density at radius 1 is 0.919 bits per heavy atom. The maximum Gasteiger partial charge on any atom is 0.500 e. The van der Waals surface area contributed by atoms with E-state index in [2.05, 4.69) is 26.9 Å². The first kappa shape index (κ1) is 33.3. The molecule has 0 bridgehead atoms. The van der Waals surface area contributed by atoms with Gasteiger partial charge in [0.05, 0.1) is 25.4 Å². The molecule has 6 unspecified atom stereocenters. The third kappa shape index (κ3) is 13.3. The summed E-state index contributed by atoms with van der Waals surface area (Å²) in [5.41, 5.74) is 0. The van der Waals surface area contributed by atoms with E-state index >= 15 is 0 Å². The van der Waals surface area contributed by atoms with Crippen molar-refractivity contribution in [3.8, 4) is 0 Å². The van der Waals surface area contributed by atoms with E-state index in [9.17, 15) is 0 Å². The number of fused-ring (bicyclic) bond motifs is 1. The summed E-state index contributed by atoms with van der Waals surface area (Å²) in [6, 6.07) is 0.940. The molecule has 1 aliphatic carbocycles. The second-order valence-corrected chi connectivity index (χ2v) is 17.2. The van der Waals surface area contributed by atoms with Crippen LogP contribution in [0.15, 0.2) is 0 Å². The lowest BCUT2D eigenvalue weighted by Gasteiger charge is -2.31. The van der Waals surface area contributed by atoms with E-state index in [0.29, 0.717) is 44.1 Å². The van der Waals surface area contributed by atoms with Crippen molar-refractivity contribution in [2.24, 2.45) is 11.8 Å². The normalized spacial score (nSPS) is 26.6. The third-order valence-corrected chi connectivity index (χ3v) is 12.5. The van der Waals surface area contributed by atoms with Gasteiger partial charge in [-0.15, -0.1) is 0 Å². The van der Waals surface area contributed by atoms with Gasteiger partial charge in [-0.1, -0.05) is 6.92 Å². The Labute approximate surface area is 229 Å². The average Bonchev–Trinajstić information content (AvgIpc) is 3.78. The minimum absolute atomic E-state index is 0.252. The molecule has 8 nitrogen and oxygen atoms in total. The summed E-state index contributed by atoms with van der Waals surface area (Å²) in [4.78, 5) is 0. The van der Waals surface area contributed by atoms with Gasteiger partial charge >= 0.3 is 17.4 Å². The quantitative estimate of drug-likeness (QED) is 0.115. The van der Waals surface area contributed by atoms with E-state index in [4.69, 9.17) is 36.3 Å². The molecule has 6 atom stereocenters. The summed E-state index contributed by atoms with van der Waals surface area (Å²) in [5.74, 6) is 1.49. The Morgan fingerprint density at radius 2 is 1.57 bits per heavy atom. The van der Waals surface area contributed by atoms with Crippen LogP contribution in [0.2, 0.25) is 19.1 Å². The molecule has 2 heterocycles. The maximum absolute atomic E-state index is 5.95. The zero-order chi connectivity index (χ0) is 27.3. The standard InChI is InChI=1S/C16H32O4Si.C11H24O4Si/c1-5-17-21(18-6-2,19-7-3)11-10-13(4)14-8-9-15-16(12-14)20-15;1-10(15-16(3,4)12-2)6-5-7-13-8-11-9-14-11/h13-16H,5-12H2,1-4H3;10-11H,5-9H2,1-4H3. The number of hydrogen-bond donors (Lipinski definition) is 0. The summed E-state index contributed by atoms with van der Waals surface area (Å²) in [6.45, 7) is 19.1. The van der Waals surface area contributed by atoms with Crippen LogP contribution in [0.1, 0.15) is 73.1 Å². The molecular formula is C27H56O8Si2. The molecule has 37 heavy (non-hydrogen) atoms. The Balaban J connectivity index is 0.000000271.